The molecule has 0 aromatic heterocycles. The lowest BCUT2D eigenvalue weighted by molar-refractivity contribution is -0.339. The zero-order valence-electron chi connectivity index (χ0n) is 21.2. The minimum atomic E-state index is -2.55. The molecule has 39 heavy (non-hydrogen) atoms. The van der Waals surface area contributed by atoms with Crippen LogP contribution in [0.1, 0.15) is 62.7 Å². The Morgan fingerprint density at radius 1 is 1.18 bits per heavy atom. The number of nitrogens with two attached hydrogens (primary N) is 1. The van der Waals surface area contributed by atoms with Crippen molar-refractivity contribution < 1.29 is 54.1 Å². The summed E-state index contributed by atoms with van der Waals surface area (Å²) in [5, 5.41) is 54.0. The van der Waals surface area contributed by atoms with E-state index in [0.717, 1.165) is 0 Å². The number of aliphatic hydroxyl groups excluding tert-OH is 2. The first kappa shape index (κ1) is 27.3. The highest BCUT2D eigenvalue weighted by Crippen LogP contribution is 2.49. The molecule has 2 aliphatic carbocycles. The lowest BCUT2D eigenvalue weighted by Gasteiger charge is -2.46. The highest BCUT2D eigenvalue weighted by atomic mass is 16.7. The van der Waals surface area contributed by atoms with Gasteiger partial charge in [-0.3, -0.25) is 14.4 Å². The predicted molar refractivity (Wildman–Crippen MR) is 131 cm³/mol. The largest absolute Gasteiger partial charge is 0.507 e. The number of carbonyl (C=O) groups excluding carboxylic acids is 3. The third-order valence-electron chi connectivity index (χ3n) is 7.76. The predicted octanol–water partition coefficient (Wildman–Crippen LogP) is -0.600. The zero-order valence-corrected chi connectivity index (χ0v) is 21.2. The van der Waals surface area contributed by atoms with Crippen molar-refractivity contribution >= 4 is 17.3 Å². The third kappa shape index (κ3) is 4.16. The number of ether oxygens (including phenoxy) is 3. The summed E-state index contributed by atoms with van der Waals surface area (Å²) in [7, 11) is 1.34. The summed E-state index contributed by atoms with van der Waals surface area (Å²) >= 11 is 0. The summed E-state index contributed by atoms with van der Waals surface area (Å²) < 4.78 is 16.8. The summed E-state index contributed by atoms with van der Waals surface area (Å²) in [6.45, 7) is 0.466. The van der Waals surface area contributed by atoms with Crippen molar-refractivity contribution in [1.82, 2.24) is 0 Å². The Kier molecular flexibility index (Phi) is 6.63. The molecule has 1 aliphatic heterocycles. The van der Waals surface area contributed by atoms with Crippen LogP contribution in [0.4, 0.5) is 0 Å². The van der Waals surface area contributed by atoms with Gasteiger partial charge in [-0.25, -0.2) is 0 Å². The first-order valence-electron chi connectivity index (χ1n) is 12.4. The number of phenolic OH excluding ortho intramolecular Hbond substituents is 1. The van der Waals surface area contributed by atoms with Gasteiger partial charge in [-0.15, -0.1) is 0 Å². The van der Waals surface area contributed by atoms with Gasteiger partial charge >= 0.3 is 0 Å². The molecule has 0 bridgehead atoms. The quantitative estimate of drug-likeness (QED) is 0.223. The van der Waals surface area contributed by atoms with Crippen LogP contribution < -0.4 is 10.5 Å². The fraction of sp³-hybridized carbons (Fsp3) is 0.444. The van der Waals surface area contributed by atoms with Gasteiger partial charge in [-0.2, -0.15) is 0 Å². The van der Waals surface area contributed by atoms with E-state index in [0.29, 0.717) is 0 Å². The number of Topliss-reactive ketones (excluding diaryl/α,β-unsaturated/α-hetero) is 1. The molecule has 0 amide bonds. The summed E-state index contributed by atoms with van der Waals surface area (Å²) in [5.74, 6) is -5.54. The Balaban J connectivity index is 1.69. The molecule has 2 aromatic carbocycles. The summed E-state index contributed by atoms with van der Waals surface area (Å²) in [5.41, 5.74) is 2.55. The van der Waals surface area contributed by atoms with Gasteiger partial charge in [0.25, 0.3) is 0 Å². The third-order valence-corrected chi connectivity index (χ3v) is 7.76. The molecule has 0 saturated carbocycles. The minimum absolute atomic E-state index is 0.0109. The number of ketones is 3. The molecular formula is C27H29NO11. The van der Waals surface area contributed by atoms with E-state index in [2.05, 4.69) is 0 Å². The second kappa shape index (κ2) is 9.45. The number of aliphatic hydroxyl groups is 4. The number of methoxy groups -OCH3 is 1. The molecule has 3 aliphatic rings. The maximum atomic E-state index is 13.6. The van der Waals surface area contributed by atoms with Crippen molar-refractivity contribution in [3.8, 4) is 11.5 Å². The number of carbonyl (C=O) groups is 3. The number of benzene rings is 2. The molecule has 208 valence electrons. The second-order valence-electron chi connectivity index (χ2n) is 10.2. The fourth-order valence-electron chi connectivity index (χ4n) is 5.71. The van der Waals surface area contributed by atoms with Crippen LogP contribution in [0.25, 0.3) is 0 Å². The molecule has 12 heteroatoms. The van der Waals surface area contributed by atoms with Crippen LogP contribution >= 0.6 is 0 Å². The highest BCUT2D eigenvalue weighted by molar-refractivity contribution is 6.30. The number of phenols is 1. The average molecular weight is 544 g/mol. The molecule has 2 aromatic rings. The van der Waals surface area contributed by atoms with Crippen LogP contribution in [0.5, 0.6) is 11.5 Å². The van der Waals surface area contributed by atoms with Crippen molar-refractivity contribution in [1.29, 1.82) is 0 Å². The van der Waals surface area contributed by atoms with Gasteiger partial charge in [0.15, 0.2) is 29.4 Å². The number of fused-ring (bicyclic) bond motifs is 3. The molecule has 0 radical (unpaired) electrons. The Morgan fingerprint density at radius 2 is 1.87 bits per heavy atom. The molecular weight excluding hydrogens is 514 g/mol. The average Bonchev–Trinajstić information content (AvgIpc) is 2.89. The number of rotatable bonds is 5. The maximum absolute atomic E-state index is 13.6. The molecule has 0 spiro atoms. The topological polar surface area (TPSA) is 206 Å². The standard InChI is InChI=1S/C27H29NO11/c1-11-22(31)16(28)7-19(38-11)39-27(36)10-26(35,18(30)9-29)8-14-15(27)6-13-21(25(14)34)23(32)12-4-3-5-17(37-2)20(12)24(13)33/h3-6,11,16,19,22,29,31,34-36H,7-10,28H2,1-2H3/t11-,16-,19-,22+,26?,27?/m0/s1. The number of hydrogen-bond donors (Lipinski definition) is 6. The van der Waals surface area contributed by atoms with E-state index in [4.69, 9.17) is 19.9 Å². The smallest absolute Gasteiger partial charge is 0.198 e. The van der Waals surface area contributed by atoms with Crippen LogP contribution in [-0.4, -0.2) is 86.7 Å². The summed E-state index contributed by atoms with van der Waals surface area (Å²) in [6, 6.07) is 4.82. The van der Waals surface area contributed by atoms with Crippen molar-refractivity contribution in [2.24, 2.45) is 5.73 Å². The van der Waals surface area contributed by atoms with E-state index in [1.165, 1.54) is 31.4 Å². The monoisotopic (exact) mass is 543 g/mol. The normalized spacial score (nSPS) is 31.8. The number of aromatic hydroxyl groups is 1. The summed E-state index contributed by atoms with van der Waals surface area (Å²) in [4.78, 5) is 39.7. The van der Waals surface area contributed by atoms with Crippen LogP contribution in [0.15, 0.2) is 24.3 Å². The van der Waals surface area contributed by atoms with Gasteiger partial charge in [0.05, 0.1) is 30.4 Å². The van der Waals surface area contributed by atoms with Crippen LogP contribution in [0.3, 0.4) is 0 Å². The van der Waals surface area contributed by atoms with E-state index in [1.807, 2.05) is 0 Å². The van der Waals surface area contributed by atoms with Crippen molar-refractivity contribution in [3.63, 3.8) is 0 Å². The SMILES string of the molecule is COc1cccc2c1C(=O)c1cc3c(c(O)c1C2=O)CC(O)(C(=O)CO)CC3(O)O[C@H]1C[C@H](N)[C@H](O)[C@H](C)O1. The van der Waals surface area contributed by atoms with Crippen molar-refractivity contribution in [2.45, 2.75) is 62.1 Å². The first-order valence-corrected chi connectivity index (χ1v) is 12.4. The van der Waals surface area contributed by atoms with Gasteiger partial charge in [0, 0.05) is 47.6 Å². The van der Waals surface area contributed by atoms with Gasteiger partial charge < -0.3 is 45.5 Å². The lowest BCUT2D eigenvalue weighted by Crippen LogP contribution is -2.57. The minimum Gasteiger partial charge on any atom is -0.507 e. The van der Waals surface area contributed by atoms with Crippen molar-refractivity contribution in [2.75, 3.05) is 13.7 Å². The maximum Gasteiger partial charge on any atom is 0.198 e. The van der Waals surface area contributed by atoms with Gasteiger partial charge in [-0.05, 0) is 19.1 Å². The number of hydrogen-bond acceptors (Lipinski definition) is 12. The van der Waals surface area contributed by atoms with Crippen molar-refractivity contribution in [3.05, 3.63) is 57.6 Å². The molecule has 1 heterocycles. The van der Waals surface area contributed by atoms with E-state index in [1.54, 1.807) is 6.92 Å². The first-order chi connectivity index (χ1) is 18.3. The molecule has 6 atom stereocenters. The molecule has 7 N–H and O–H groups in total. The Labute approximate surface area is 222 Å². The van der Waals surface area contributed by atoms with Gasteiger partial charge in [0.2, 0.25) is 0 Å². The fourth-order valence-corrected chi connectivity index (χ4v) is 5.71. The molecule has 2 unspecified atom stereocenters. The van der Waals surface area contributed by atoms with E-state index in [-0.39, 0.29) is 45.6 Å². The van der Waals surface area contributed by atoms with Crippen LogP contribution in [0.2, 0.25) is 0 Å². The van der Waals surface area contributed by atoms with Gasteiger partial charge in [-0.1, -0.05) is 12.1 Å². The summed E-state index contributed by atoms with van der Waals surface area (Å²) in [6.07, 6.45) is -4.48. The Hall–Kier alpha value is -3.23. The van der Waals surface area contributed by atoms with E-state index < -0.39 is 78.5 Å². The molecule has 1 saturated heterocycles. The Morgan fingerprint density at radius 3 is 2.51 bits per heavy atom. The van der Waals surface area contributed by atoms with E-state index in [9.17, 15) is 39.9 Å². The zero-order chi connectivity index (χ0) is 28.4. The molecule has 12 nitrogen and oxygen atoms in total. The second-order valence-corrected chi connectivity index (χ2v) is 10.2. The lowest BCUT2D eigenvalue weighted by atomic mass is 9.71. The van der Waals surface area contributed by atoms with E-state index >= 15 is 0 Å². The van der Waals surface area contributed by atoms with Crippen LogP contribution in [0, 0.1) is 0 Å². The van der Waals surface area contributed by atoms with Crippen LogP contribution in [-0.2, 0) is 26.5 Å². The highest BCUT2D eigenvalue weighted by Gasteiger charge is 2.54. The van der Waals surface area contributed by atoms with Gasteiger partial charge in [0.1, 0.15) is 23.7 Å². The molecule has 1 fully saturated rings. The molecule has 5 rings (SSSR count). The Bertz CT molecular complexity index is 1380.